The molecule has 0 aromatic carbocycles. The first kappa shape index (κ1) is 23.5. The zero-order chi connectivity index (χ0) is 22.1. The van der Waals surface area contributed by atoms with Gasteiger partial charge in [0.2, 0.25) is 11.8 Å². The van der Waals surface area contributed by atoms with Gasteiger partial charge in [-0.15, -0.1) is 0 Å². The van der Waals surface area contributed by atoms with Crippen molar-refractivity contribution in [3.8, 4) is 0 Å². The Hall–Kier alpha value is -1.14. The number of carbonyl (C=O) groups excluding carboxylic acids is 2. The molecule has 3 aliphatic rings. The van der Waals surface area contributed by atoms with Crippen LogP contribution in [0.25, 0.3) is 0 Å². The fourth-order valence-corrected chi connectivity index (χ4v) is 5.66. The lowest BCUT2D eigenvalue weighted by Gasteiger charge is -2.54. The number of piperazine rings is 1. The highest BCUT2D eigenvalue weighted by Crippen LogP contribution is 2.50. The fraction of sp³-hybridized carbons (Fsp3) is 0.917. The van der Waals surface area contributed by atoms with Crippen molar-refractivity contribution in [3.63, 3.8) is 0 Å². The van der Waals surface area contributed by atoms with E-state index >= 15 is 0 Å². The van der Waals surface area contributed by atoms with Crippen molar-refractivity contribution >= 4 is 11.8 Å². The molecule has 6 heteroatoms. The summed E-state index contributed by atoms with van der Waals surface area (Å²) in [4.78, 5) is 33.1. The van der Waals surface area contributed by atoms with Crippen molar-refractivity contribution in [2.45, 2.75) is 84.3 Å². The number of carbonyl (C=O) groups is 2. The molecule has 2 atom stereocenters. The van der Waals surface area contributed by atoms with Crippen molar-refractivity contribution < 1.29 is 9.59 Å². The largest absolute Gasteiger partial charge is 0.341 e. The highest BCUT2D eigenvalue weighted by atomic mass is 16.2. The second-order valence-corrected chi connectivity index (χ2v) is 11.2. The van der Waals surface area contributed by atoms with Crippen LogP contribution in [0.4, 0.5) is 0 Å². The Labute approximate surface area is 183 Å². The van der Waals surface area contributed by atoms with Gasteiger partial charge in [0.25, 0.3) is 0 Å². The third-order valence-corrected chi connectivity index (χ3v) is 7.59. The maximum Gasteiger partial charge on any atom is 0.245 e. The number of hydrogen-bond donors (Lipinski definition) is 1. The monoisotopic (exact) mass is 420 g/mol. The molecule has 3 rings (SSSR count). The first-order valence-corrected chi connectivity index (χ1v) is 12.1. The van der Waals surface area contributed by atoms with E-state index in [1.54, 1.807) is 0 Å². The number of rotatable bonds is 7. The summed E-state index contributed by atoms with van der Waals surface area (Å²) in [5.41, 5.74) is 0.451. The van der Waals surface area contributed by atoms with E-state index in [0.717, 1.165) is 45.3 Å². The Morgan fingerprint density at radius 1 is 1.10 bits per heavy atom. The van der Waals surface area contributed by atoms with Crippen LogP contribution in [0.15, 0.2) is 0 Å². The maximum atomic E-state index is 13.6. The summed E-state index contributed by atoms with van der Waals surface area (Å²) < 4.78 is 0. The molecule has 1 N–H and O–H groups in total. The summed E-state index contributed by atoms with van der Waals surface area (Å²) in [6, 6.07) is 0.250. The average molecular weight is 421 g/mol. The zero-order valence-corrected chi connectivity index (χ0v) is 20.1. The summed E-state index contributed by atoms with van der Waals surface area (Å²) in [7, 11) is 4.34. The van der Waals surface area contributed by atoms with E-state index in [1.165, 1.54) is 12.8 Å². The third-order valence-electron chi connectivity index (χ3n) is 7.59. The van der Waals surface area contributed by atoms with Gasteiger partial charge in [0.1, 0.15) is 6.04 Å². The molecule has 30 heavy (non-hydrogen) atoms. The van der Waals surface area contributed by atoms with Gasteiger partial charge in [0, 0.05) is 32.2 Å². The number of amides is 2. The molecular formula is C24H44N4O2. The van der Waals surface area contributed by atoms with Crippen LogP contribution in [0.2, 0.25) is 0 Å². The standard InChI is InChI=1S/C24H44N4O2/c1-17(2)13-20-22(29)28(12-9-25-20)21(14-18(3)4)23(30)27-10-7-24(8-11-27)15-19(16-24)26(5)6/h17-21,25H,7-16H2,1-6H3/t20-,21?/m0/s1. The molecule has 0 radical (unpaired) electrons. The van der Waals surface area contributed by atoms with Gasteiger partial charge >= 0.3 is 0 Å². The first-order chi connectivity index (χ1) is 14.1. The molecule has 2 heterocycles. The summed E-state index contributed by atoms with van der Waals surface area (Å²) in [6.45, 7) is 11.7. The molecule has 2 saturated heterocycles. The van der Waals surface area contributed by atoms with E-state index < -0.39 is 0 Å². The van der Waals surface area contributed by atoms with Gasteiger partial charge in [0.15, 0.2) is 0 Å². The minimum Gasteiger partial charge on any atom is -0.341 e. The number of likely N-dealkylation sites (tertiary alicyclic amines) is 1. The molecule has 2 amide bonds. The molecule has 2 aliphatic heterocycles. The molecule has 0 aromatic rings. The maximum absolute atomic E-state index is 13.6. The molecular weight excluding hydrogens is 376 g/mol. The number of nitrogens with zero attached hydrogens (tertiary/aromatic N) is 3. The summed E-state index contributed by atoms with van der Waals surface area (Å²) >= 11 is 0. The molecule has 6 nitrogen and oxygen atoms in total. The predicted octanol–water partition coefficient (Wildman–Crippen LogP) is 2.58. The molecule has 0 bridgehead atoms. The van der Waals surface area contributed by atoms with Gasteiger partial charge in [-0.05, 0) is 69.9 Å². The first-order valence-electron chi connectivity index (χ1n) is 12.1. The van der Waals surface area contributed by atoms with Crippen molar-refractivity contribution in [2.24, 2.45) is 17.3 Å². The smallest absolute Gasteiger partial charge is 0.245 e. The van der Waals surface area contributed by atoms with Gasteiger partial charge in [0.05, 0.1) is 6.04 Å². The topological polar surface area (TPSA) is 55.9 Å². The Balaban J connectivity index is 1.64. The Morgan fingerprint density at radius 3 is 2.27 bits per heavy atom. The molecule has 1 saturated carbocycles. The number of piperidine rings is 1. The molecule has 1 aliphatic carbocycles. The lowest BCUT2D eigenvalue weighted by molar-refractivity contribution is -0.152. The van der Waals surface area contributed by atoms with Crippen molar-refractivity contribution in [1.82, 2.24) is 20.0 Å². The second-order valence-electron chi connectivity index (χ2n) is 11.2. The summed E-state index contributed by atoms with van der Waals surface area (Å²) in [5, 5.41) is 3.38. The highest BCUT2D eigenvalue weighted by molar-refractivity contribution is 5.90. The van der Waals surface area contributed by atoms with Crippen molar-refractivity contribution in [2.75, 3.05) is 40.3 Å². The van der Waals surface area contributed by atoms with Crippen molar-refractivity contribution in [3.05, 3.63) is 0 Å². The van der Waals surface area contributed by atoms with Crippen LogP contribution in [0.3, 0.4) is 0 Å². The SMILES string of the molecule is CC(C)CC(C(=O)N1CCC2(CC1)CC(N(C)C)C2)N1CCN[C@@H](CC(C)C)C1=O. The van der Waals surface area contributed by atoms with Crippen molar-refractivity contribution in [1.29, 1.82) is 0 Å². The van der Waals surface area contributed by atoms with Gasteiger partial charge in [-0.3, -0.25) is 9.59 Å². The normalized spacial score (nSPS) is 26.0. The van der Waals surface area contributed by atoms with Crippen LogP contribution in [0.1, 0.15) is 66.2 Å². The van der Waals surface area contributed by atoms with Crippen LogP contribution >= 0.6 is 0 Å². The lowest BCUT2D eigenvalue weighted by Crippen LogP contribution is -2.62. The van der Waals surface area contributed by atoms with Gasteiger partial charge in [-0.25, -0.2) is 0 Å². The summed E-state index contributed by atoms with van der Waals surface area (Å²) in [5.74, 6) is 1.14. The predicted molar refractivity (Wildman–Crippen MR) is 121 cm³/mol. The van der Waals surface area contributed by atoms with E-state index in [1.807, 2.05) is 4.90 Å². The molecule has 1 spiro atoms. The molecule has 172 valence electrons. The van der Waals surface area contributed by atoms with Crippen LogP contribution in [-0.4, -0.2) is 84.9 Å². The molecule has 0 aromatic heterocycles. The number of nitrogens with one attached hydrogen (secondary N) is 1. The second kappa shape index (κ2) is 9.56. The highest BCUT2D eigenvalue weighted by Gasteiger charge is 2.48. The van der Waals surface area contributed by atoms with Crippen LogP contribution in [0.5, 0.6) is 0 Å². The van der Waals surface area contributed by atoms with E-state index in [0.29, 0.717) is 29.8 Å². The van der Waals surface area contributed by atoms with E-state index in [4.69, 9.17) is 0 Å². The van der Waals surface area contributed by atoms with E-state index in [-0.39, 0.29) is 23.9 Å². The minimum atomic E-state index is -0.306. The third kappa shape index (κ3) is 5.18. The summed E-state index contributed by atoms with van der Waals surface area (Å²) in [6.07, 6.45) is 6.35. The number of hydrogen-bond acceptors (Lipinski definition) is 4. The Morgan fingerprint density at radius 2 is 1.73 bits per heavy atom. The molecule has 3 fully saturated rings. The zero-order valence-electron chi connectivity index (χ0n) is 20.1. The van der Waals surface area contributed by atoms with Crippen LogP contribution < -0.4 is 5.32 Å². The minimum absolute atomic E-state index is 0.121. The Bertz CT molecular complexity index is 602. The average Bonchev–Trinajstić information content (AvgIpc) is 2.65. The van der Waals surface area contributed by atoms with Crippen LogP contribution in [0, 0.1) is 17.3 Å². The lowest BCUT2D eigenvalue weighted by atomic mass is 9.60. The molecule has 1 unspecified atom stereocenters. The van der Waals surface area contributed by atoms with Gasteiger partial charge in [-0.2, -0.15) is 0 Å². The van der Waals surface area contributed by atoms with E-state index in [9.17, 15) is 9.59 Å². The van der Waals surface area contributed by atoms with Gasteiger partial charge < -0.3 is 20.0 Å². The Kier molecular flexibility index (Phi) is 7.49. The van der Waals surface area contributed by atoms with Gasteiger partial charge in [-0.1, -0.05) is 27.7 Å². The van der Waals surface area contributed by atoms with E-state index in [2.05, 4.69) is 56.9 Å². The quantitative estimate of drug-likeness (QED) is 0.688. The fourth-order valence-electron chi connectivity index (χ4n) is 5.66. The van der Waals surface area contributed by atoms with Crippen LogP contribution in [-0.2, 0) is 9.59 Å².